The van der Waals surface area contributed by atoms with Crippen LogP contribution in [-0.4, -0.2) is 16.9 Å². The van der Waals surface area contributed by atoms with Crippen LogP contribution in [0.4, 0.5) is 5.82 Å². The number of carbonyl (C=O) groups excluding carboxylic acids is 1. The first kappa shape index (κ1) is 10.2. The third kappa shape index (κ3) is 2.21. The number of nitrogens with two attached hydrogens (primary N) is 1. The Hall–Kier alpha value is -1.29. The molecule has 5 heteroatoms. The Bertz CT molecular complexity index is 390. The maximum absolute atomic E-state index is 11.7. The standard InChI is InChI=1S/C10H12ClN3O/c11-8-5-13-9(12)4-7(8)10(15)14-6-2-1-3-6/h4-6H,1-3H2,(H2,12,13)(H,14,15). The molecule has 1 aromatic heterocycles. The zero-order valence-electron chi connectivity index (χ0n) is 8.16. The summed E-state index contributed by atoms with van der Waals surface area (Å²) in [6.45, 7) is 0. The zero-order chi connectivity index (χ0) is 10.8. The Morgan fingerprint density at radius 2 is 2.33 bits per heavy atom. The van der Waals surface area contributed by atoms with Crippen molar-refractivity contribution in [3.05, 3.63) is 22.8 Å². The second-order valence-electron chi connectivity index (χ2n) is 3.69. The highest BCUT2D eigenvalue weighted by Crippen LogP contribution is 2.21. The molecule has 3 N–H and O–H groups in total. The van der Waals surface area contributed by atoms with Gasteiger partial charge in [-0.25, -0.2) is 4.98 Å². The number of rotatable bonds is 2. The van der Waals surface area contributed by atoms with E-state index in [1.807, 2.05) is 0 Å². The number of nitrogens with zero attached hydrogens (tertiary/aromatic N) is 1. The number of amides is 1. The molecule has 0 aromatic carbocycles. The van der Waals surface area contributed by atoms with Gasteiger partial charge in [-0.05, 0) is 25.3 Å². The summed E-state index contributed by atoms with van der Waals surface area (Å²) in [5.41, 5.74) is 5.89. The first-order valence-electron chi connectivity index (χ1n) is 4.88. The molecule has 1 amide bonds. The van der Waals surface area contributed by atoms with E-state index in [4.69, 9.17) is 17.3 Å². The molecule has 1 aromatic rings. The molecular formula is C10H12ClN3O. The van der Waals surface area contributed by atoms with Crippen LogP contribution in [0, 0.1) is 0 Å². The molecule has 4 nitrogen and oxygen atoms in total. The summed E-state index contributed by atoms with van der Waals surface area (Å²) in [5, 5.41) is 3.23. The van der Waals surface area contributed by atoms with E-state index in [0.29, 0.717) is 22.4 Å². The van der Waals surface area contributed by atoms with Gasteiger partial charge in [0.1, 0.15) is 5.82 Å². The number of nitrogens with one attached hydrogen (secondary N) is 1. The van der Waals surface area contributed by atoms with E-state index in [-0.39, 0.29) is 5.91 Å². The lowest BCUT2D eigenvalue weighted by Crippen LogP contribution is -2.39. The van der Waals surface area contributed by atoms with Crippen molar-refractivity contribution in [2.45, 2.75) is 25.3 Å². The smallest absolute Gasteiger partial charge is 0.253 e. The maximum Gasteiger partial charge on any atom is 0.253 e. The second kappa shape index (κ2) is 4.06. The first-order valence-corrected chi connectivity index (χ1v) is 5.26. The Balaban J connectivity index is 2.12. The van der Waals surface area contributed by atoms with Crippen LogP contribution in [0.3, 0.4) is 0 Å². The van der Waals surface area contributed by atoms with Crippen LogP contribution in [0.5, 0.6) is 0 Å². The predicted molar refractivity (Wildman–Crippen MR) is 58.8 cm³/mol. The van der Waals surface area contributed by atoms with Crippen LogP contribution in [0.2, 0.25) is 5.02 Å². The summed E-state index contributed by atoms with van der Waals surface area (Å²) in [6, 6.07) is 1.79. The molecule has 0 spiro atoms. The lowest BCUT2D eigenvalue weighted by atomic mass is 9.93. The van der Waals surface area contributed by atoms with E-state index in [9.17, 15) is 4.79 Å². The zero-order valence-corrected chi connectivity index (χ0v) is 8.92. The van der Waals surface area contributed by atoms with E-state index in [0.717, 1.165) is 12.8 Å². The minimum atomic E-state index is -0.168. The molecule has 1 aliphatic carbocycles. The normalized spacial score (nSPS) is 15.8. The molecular weight excluding hydrogens is 214 g/mol. The topological polar surface area (TPSA) is 68.0 Å². The largest absolute Gasteiger partial charge is 0.384 e. The van der Waals surface area contributed by atoms with Crippen LogP contribution in [-0.2, 0) is 0 Å². The third-order valence-corrected chi connectivity index (χ3v) is 2.86. The molecule has 1 heterocycles. The van der Waals surface area contributed by atoms with Crippen LogP contribution in [0.25, 0.3) is 0 Å². The predicted octanol–water partition coefficient (Wildman–Crippen LogP) is 1.60. The van der Waals surface area contributed by atoms with Gasteiger partial charge in [-0.3, -0.25) is 4.79 Å². The number of aromatic nitrogens is 1. The summed E-state index contributed by atoms with van der Waals surface area (Å²) >= 11 is 5.86. The van der Waals surface area contributed by atoms with Gasteiger partial charge in [0.25, 0.3) is 5.91 Å². The fourth-order valence-corrected chi connectivity index (χ4v) is 1.63. The van der Waals surface area contributed by atoms with Gasteiger partial charge >= 0.3 is 0 Å². The molecule has 1 saturated carbocycles. The second-order valence-corrected chi connectivity index (χ2v) is 4.10. The minimum absolute atomic E-state index is 0.168. The van der Waals surface area contributed by atoms with Crippen molar-refractivity contribution in [1.82, 2.24) is 10.3 Å². The number of hydrogen-bond donors (Lipinski definition) is 2. The van der Waals surface area contributed by atoms with Gasteiger partial charge in [0.05, 0.1) is 10.6 Å². The van der Waals surface area contributed by atoms with E-state index in [1.54, 1.807) is 0 Å². The van der Waals surface area contributed by atoms with E-state index in [1.165, 1.54) is 18.7 Å². The van der Waals surface area contributed by atoms with Crippen LogP contribution < -0.4 is 11.1 Å². The molecule has 0 unspecified atom stereocenters. The van der Waals surface area contributed by atoms with E-state index in [2.05, 4.69) is 10.3 Å². The average molecular weight is 226 g/mol. The average Bonchev–Trinajstić information content (AvgIpc) is 2.15. The summed E-state index contributed by atoms with van der Waals surface area (Å²) in [5.74, 6) is 0.136. The van der Waals surface area contributed by atoms with Crippen molar-refractivity contribution in [1.29, 1.82) is 0 Å². The molecule has 0 bridgehead atoms. The summed E-state index contributed by atoms with van der Waals surface area (Å²) in [7, 11) is 0. The summed E-state index contributed by atoms with van der Waals surface area (Å²) < 4.78 is 0. The highest BCUT2D eigenvalue weighted by atomic mass is 35.5. The lowest BCUT2D eigenvalue weighted by molar-refractivity contribution is 0.0917. The van der Waals surface area contributed by atoms with Crippen molar-refractivity contribution in [3.63, 3.8) is 0 Å². The molecule has 0 atom stereocenters. The van der Waals surface area contributed by atoms with E-state index >= 15 is 0 Å². The molecule has 0 aliphatic heterocycles. The monoisotopic (exact) mass is 225 g/mol. The molecule has 0 radical (unpaired) electrons. The summed E-state index contributed by atoms with van der Waals surface area (Å²) in [4.78, 5) is 15.5. The Morgan fingerprint density at radius 3 is 2.93 bits per heavy atom. The quantitative estimate of drug-likeness (QED) is 0.804. The molecule has 2 rings (SSSR count). The number of hydrogen-bond acceptors (Lipinski definition) is 3. The highest BCUT2D eigenvalue weighted by molar-refractivity contribution is 6.33. The highest BCUT2D eigenvalue weighted by Gasteiger charge is 2.21. The van der Waals surface area contributed by atoms with Gasteiger partial charge in [-0.15, -0.1) is 0 Å². The van der Waals surface area contributed by atoms with Gasteiger partial charge in [0.15, 0.2) is 0 Å². The Morgan fingerprint density at radius 1 is 1.60 bits per heavy atom. The molecule has 1 fully saturated rings. The van der Waals surface area contributed by atoms with Gasteiger partial charge in [-0.2, -0.15) is 0 Å². The number of anilines is 1. The molecule has 15 heavy (non-hydrogen) atoms. The van der Waals surface area contributed by atoms with Crippen molar-refractivity contribution in [3.8, 4) is 0 Å². The van der Waals surface area contributed by atoms with Crippen molar-refractivity contribution >= 4 is 23.3 Å². The SMILES string of the molecule is Nc1cc(C(=O)NC2CCC2)c(Cl)cn1. The Kier molecular flexibility index (Phi) is 2.77. The van der Waals surface area contributed by atoms with Crippen molar-refractivity contribution in [2.24, 2.45) is 0 Å². The molecule has 0 saturated heterocycles. The van der Waals surface area contributed by atoms with Gasteiger partial charge in [0.2, 0.25) is 0 Å². The molecule has 1 aliphatic rings. The fourth-order valence-electron chi connectivity index (χ4n) is 1.44. The van der Waals surface area contributed by atoms with Crippen molar-refractivity contribution in [2.75, 3.05) is 5.73 Å². The van der Waals surface area contributed by atoms with Crippen molar-refractivity contribution < 1.29 is 4.79 Å². The third-order valence-electron chi connectivity index (χ3n) is 2.56. The number of pyridine rings is 1. The van der Waals surface area contributed by atoms with Crippen LogP contribution in [0.1, 0.15) is 29.6 Å². The van der Waals surface area contributed by atoms with Gasteiger partial charge in [-0.1, -0.05) is 11.6 Å². The van der Waals surface area contributed by atoms with Gasteiger partial charge in [0, 0.05) is 12.2 Å². The maximum atomic E-state index is 11.7. The number of carbonyl (C=O) groups is 1. The number of nitrogen functional groups attached to an aromatic ring is 1. The minimum Gasteiger partial charge on any atom is -0.384 e. The fraction of sp³-hybridized carbons (Fsp3) is 0.400. The molecule has 80 valence electrons. The number of halogens is 1. The van der Waals surface area contributed by atoms with Crippen LogP contribution >= 0.6 is 11.6 Å². The lowest BCUT2D eigenvalue weighted by Gasteiger charge is -2.26. The van der Waals surface area contributed by atoms with E-state index < -0.39 is 0 Å². The summed E-state index contributed by atoms with van der Waals surface area (Å²) in [6.07, 6.45) is 4.66. The Labute approximate surface area is 92.8 Å². The first-order chi connectivity index (χ1) is 7.16. The van der Waals surface area contributed by atoms with Gasteiger partial charge < -0.3 is 11.1 Å². The van der Waals surface area contributed by atoms with Crippen LogP contribution in [0.15, 0.2) is 12.3 Å².